The Bertz CT molecular complexity index is 286. The number of nitrogens with one attached hydrogen (secondary N) is 1. The van der Waals surface area contributed by atoms with E-state index >= 15 is 0 Å². The third-order valence-electron chi connectivity index (χ3n) is 3.90. The number of carbonyl (C=O) groups excluding carboxylic acids is 1. The molecule has 0 aromatic heterocycles. The molecule has 0 spiro atoms. The first kappa shape index (κ1) is 16.4. The van der Waals surface area contributed by atoms with Crippen LogP contribution >= 0.6 is 0 Å². The number of amides is 1. The van der Waals surface area contributed by atoms with Crippen LogP contribution in [0.1, 0.15) is 34.1 Å². The second kappa shape index (κ2) is 7.22. The highest BCUT2D eigenvalue weighted by molar-refractivity contribution is 5.76. The molecular formula is C14H28N2O3. The zero-order valence-corrected chi connectivity index (χ0v) is 12.6. The molecule has 5 nitrogen and oxygen atoms in total. The Morgan fingerprint density at radius 1 is 1.37 bits per heavy atom. The molecule has 2 unspecified atom stereocenters. The van der Waals surface area contributed by atoms with Crippen molar-refractivity contribution in [3.63, 3.8) is 0 Å². The number of ether oxygens (including phenoxy) is 1. The van der Waals surface area contributed by atoms with Crippen LogP contribution in [0.5, 0.6) is 0 Å². The Morgan fingerprint density at radius 2 is 1.95 bits per heavy atom. The van der Waals surface area contributed by atoms with Gasteiger partial charge in [-0.25, -0.2) is 0 Å². The van der Waals surface area contributed by atoms with E-state index in [9.17, 15) is 9.90 Å². The summed E-state index contributed by atoms with van der Waals surface area (Å²) in [5, 5.41) is 13.4. The van der Waals surface area contributed by atoms with E-state index in [2.05, 4.69) is 5.32 Å². The Morgan fingerprint density at radius 3 is 2.47 bits per heavy atom. The number of carbonyl (C=O) groups is 1. The van der Waals surface area contributed by atoms with Crippen molar-refractivity contribution >= 4 is 5.91 Å². The molecule has 1 amide bonds. The third-order valence-corrected chi connectivity index (χ3v) is 3.90. The summed E-state index contributed by atoms with van der Waals surface area (Å²) in [5.41, 5.74) is -0.740. The molecular weight excluding hydrogens is 244 g/mol. The van der Waals surface area contributed by atoms with Gasteiger partial charge < -0.3 is 20.1 Å². The second-order valence-corrected chi connectivity index (χ2v) is 5.99. The fourth-order valence-electron chi connectivity index (χ4n) is 1.86. The highest BCUT2D eigenvalue weighted by Gasteiger charge is 2.26. The van der Waals surface area contributed by atoms with Crippen LogP contribution in [0.3, 0.4) is 0 Å². The summed E-state index contributed by atoms with van der Waals surface area (Å²) in [6, 6.07) is 0.0700. The molecule has 1 heterocycles. The van der Waals surface area contributed by atoms with Crippen LogP contribution < -0.4 is 5.32 Å². The summed E-state index contributed by atoms with van der Waals surface area (Å²) in [6.45, 7) is 10.9. The van der Waals surface area contributed by atoms with Crippen molar-refractivity contribution in [2.75, 3.05) is 32.8 Å². The van der Waals surface area contributed by atoms with Gasteiger partial charge in [0.05, 0.1) is 18.8 Å². The Kier molecular flexibility index (Phi) is 6.23. The van der Waals surface area contributed by atoms with Gasteiger partial charge in [-0.3, -0.25) is 4.79 Å². The topological polar surface area (TPSA) is 61.8 Å². The lowest BCUT2D eigenvalue weighted by Gasteiger charge is -2.31. The second-order valence-electron chi connectivity index (χ2n) is 5.99. The van der Waals surface area contributed by atoms with Crippen LogP contribution in [0.15, 0.2) is 0 Å². The van der Waals surface area contributed by atoms with Crippen molar-refractivity contribution in [3.8, 4) is 0 Å². The van der Waals surface area contributed by atoms with Crippen molar-refractivity contribution in [1.82, 2.24) is 10.2 Å². The summed E-state index contributed by atoms with van der Waals surface area (Å²) in [4.78, 5) is 13.9. The van der Waals surface area contributed by atoms with E-state index in [0.29, 0.717) is 39.3 Å². The molecule has 0 aliphatic carbocycles. The van der Waals surface area contributed by atoms with Crippen molar-refractivity contribution in [2.24, 2.45) is 5.92 Å². The van der Waals surface area contributed by atoms with Crippen molar-refractivity contribution in [3.05, 3.63) is 0 Å². The van der Waals surface area contributed by atoms with Crippen LogP contribution in [0.2, 0.25) is 0 Å². The number of hydrogen-bond donors (Lipinski definition) is 2. The number of nitrogens with zero attached hydrogens (tertiary/aromatic N) is 1. The van der Waals surface area contributed by atoms with Gasteiger partial charge in [-0.2, -0.15) is 0 Å². The Balaban J connectivity index is 2.30. The van der Waals surface area contributed by atoms with Gasteiger partial charge in [-0.05, 0) is 19.8 Å². The molecule has 2 N–H and O–H groups in total. The van der Waals surface area contributed by atoms with Gasteiger partial charge >= 0.3 is 0 Å². The average molecular weight is 272 g/mol. The summed E-state index contributed by atoms with van der Waals surface area (Å²) in [5.74, 6) is 0.342. The SMILES string of the molecule is CC(CC(=O)N1CCOCC1)NCC(C)(O)C(C)C. The minimum absolute atomic E-state index is 0.0700. The molecule has 19 heavy (non-hydrogen) atoms. The summed E-state index contributed by atoms with van der Waals surface area (Å²) in [6.07, 6.45) is 0.466. The van der Waals surface area contributed by atoms with Crippen LogP contribution in [0.25, 0.3) is 0 Å². The summed E-state index contributed by atoms with van der Waals surface area (Å²) >= 11 is 0. The van der Waals surface area contributed by atoms with Gasteiger partial charge in [0.2, 0.25) is 5.91 Å². The molecule has 0 saturated carbocycles. The average Bonchev–Trinajstić information content (AvgIpc) is 2.37. The van der Waals surface area contributed by atoms with Crippen LogP contribution in [0, 0.1) is 5.92 Å². The zero-order valence-electron chi connectivity index (χ0n) is 12.6. The molecule has 1 aliphatic heterocycles. The molecule has 0 bridgehead atoms. The first-order valence-electron chi connectivity index (χ1n) is 7.14. The standard InChI is InChI=1S/C14H28N2O3/c1-11(2)14(4,18)10-15-12(3)9-13(17)16-5-7-19-8-6-16/h11-12,15,18H,5-10H2,1-4H3. The van der Waals surface area contributed by atoms with E-state index in [1.165, 1.54) is 0 Å². The number of aliphatic hydroxyl groups is 1. The van der Waals surface area contributed by atoms with Crippen LogP contribution in [-0.4, -0.2) is 60.4 Å². The smallest absolute Gasteiger partial charge is 0.224 e. The zero-order chi connectivity index (χ0) is 14.5. The van der Waals surface area contributed by atoms with E-state index in [1.54, 1.807) is 0 Å². The molecule has 5 heteroatoms. The monoisotopic (exact) mass is 272 g/mol. The maximum atomic E-state index is 12.0. The highest BCUT2D eigenvalue weighted by atomic mass is 16.5. The molecule has 0 aromatic rings. The lowest BCUT2D eigenvalue weighted by atomic mass is 9.92. The maximum absolute atomic E-state index is 12.0. The van der Waals surface area contributed by atoms with Crippen LogP contribution in [0.4, 0.5) is 0 Å². The number of rotatable bonds is 6. The van der Waals surface area contributed by atoms with E-state index in [4.69, 9.17) is 4.74 Å². The molecule has 1 aliphatic rings. The van der Waals surface area contributed by atoms with Gasteiger partial charge in [0.25, 0.3) is 0 Å². The molecule has 0 aromatic carbocycles. The predicted molar refractivity (Wildman–Crippen MR) is 74.9 cm³/mol. The van der Waals surface area contributed by atoms with Gasteiger partial charge in [0.1, 0.15) is 0 Å². The normalized spacial score (nSPS) is 21.3. The van der Waals surface area contributed by atoms with E-state index < -0.39 is 5.60 Å². The molecule has 1 rings (SSSR count). The first-order chi connectivity index (χ1) is 8.83. The molecule has 1 fully saturated rings. The molecule has 2 atom stereocenters. The highest BCUT2D eigenvalue weighted by Crippen LogP contribution is 2.15. The quantitative estimate of drug-likeness (QED) is 0.744. The van der Waals surface area contributed by atoms with Crippen molar-refractivity contribution < 1.29 is 14.6 Å². The molecule has 112 valence electrons. The predicted octanol–water partition coefficient (Wildman–Crippen LogP) is 0.620. The minimum atomic E-state index is -0.740. The third kappa shape index (κ3) is 5.47. The fourth-order valence-corrected chi connectivity index (χ4v) is 1.86. The lowest BCUT2D eigenvalue weighted by molar-refractivity contribution is -0.135. The molecule has 0 radical (unpaired) electrons. The van der Waals surface area contributed by atoms with Gasteiger partial charge in [0.15, 0.2) is 0 Å². The largest absolute Gasteiger partial charge is 0.389 e. The van der Waals surface area contributed by atoms with Crippen molar-refractivity contribution in [1.29, 1.82) is 0 Å². The van der Waals surface area contributed by atoms with Crippen LogP contribution in [-0.2, 0) is 9.53 Å². The summed E-state index contributed by atoms with van der Waals surface area (Å²) < 4.78 is 5.23. The first-order valence-corrected chi connectivity index (χ1v) is 7.14. The number of hydrogen-bond acceptors (Lipinski definition) is 4. The Hall–Kier alpha value is -0.650. The van der Waals surface area contributed by atoms with E-state index in [1.807, 2.05) is 32.6 Å². The van der Waals surface area contributed by atoms with E-state index in [-0.39, 0.29) is 17.9 Å². The number of morpholine rings is 1. The van der Waals surface area contributed by atoms with E-state index in [0.717, 1.165) is 0 Å². The maximum Gasteiger partial charge on any atom is 0.224 e. The van der Waals surface area contributed by atoms with Gasteiger partial charge in [0, 0.05) is 32.1 Å². The van der Waals surface area contributed by atoms with Gasteiger partial charge in [-0.1, -0.05) is 13.8 Å². The van der Waals surface area contributed by atoms with Crippen molar-refractivity contribution in [2.45, 2.75) is 45.8 Å². The van der Waals surface area contributed by atoms with Gasteiger partial charge in [-0.15, -0.1) is 0 Å². The molecule has 1 saturated heterocycles. The lowest BCUT2D eigenvalue weighted by Crippen LogP contribution is -2.47. The fraction of sp³-hybridized carbons (Fsp3) is 0.929. The summed E-state index contributed by atoms with van der Waals surface area (Å²) in [7, 11) is 0. The minimum Gasteiger partial charge on any atom is -0.389 e. The Labute approximate surface area is 116 Å².